The van der Waals surface area contributed by atoms with Crippen molar-refractivity contribution in [3.05, 3.63) is 48.0 Å². The van der Waals surface area contributed by atoms with E-state index in [2.05, 4.69) is 39.9 Å². The van der Waals surface area contributed by atoms with Crippen molar-refractivity contribution in [3.63, 3.8) is 0 Å². The molecule has 176 valence electrons. The van der Waals surface area contributed by atoms with Crippen LogP contribution >= 0.6 is 0 Å². The smallest absolute Gasteiger partial charge is 0.412 e. The van der Waals surface area contributed by atoms with Gasteiger partial charge in [0.1, 0.15) is 11.7 Å². The van der Waals surface area contributed by atoms with Gasteiger partial charge in [0, 0.05) is 13.0 Å². The Morgan fingerprint density at radius 1 is 1.09 bits per heavy atom. The summed E-state index contributed by atoms with van der Waals surface area (Å²) in [7, 11) is -1.64. The summed E-state index contributed by atoms with van der Waals surface area (Å²) in [4.78, 5) is 15.1. The van der Waals surface area contributed by atoms with Crippen molar-refractivity contribution < 1.29 is 19.1 Å². The molecule has 0 spiro atoms. The van der Waals surface area contributed by atoms with Crippen molar-refractivity contribution in [3.8, 4) is 0 Å². The van der Waals surface area contributed by atoms with Crippen molar-refractivity contribution in [1.29, 1.82) is 0 Å². The van der Waals surface area contributed by atoms with Crippen molar-refractivity contribution in [2.75, 3.05) is 6.54 Å². The van der Waals surface area contributed by atoms with Crippen LogP contribution in [0.3, 0.4) is 0 Å². The second-order valence-corrected chi connectivity index (χ2v) is 13.7. The molecule has 0 saturated carbocycles. The van der Waals surface area contributed by atoms with E-state index in [0.29, 0.717) is 13.0 Å². The molecule has 0 radical (unpaired) electrons. The van der Waals surface area contributed by atoms with Gasteiger partial charge in [0.25, 0.3) is 0 Å². The number of hydrogen-bond acceptors (Lipinski definition) is 4. The Balaban J connectivity index is 2.11. The van der Waals surface area contributed by atoms with Gasteiger partial charge in [-0.25, -0.2) is 4.79 Å². The van der Waals surface area contributed by atoms with Gasteiger partial charge in [-0.3, -0.25) is 4.90 Å². The minimum absolute atomic E-state index is 0.0486. The Morgan fingerprint density at radius 2 is 1.72 bits per heavy atom. The third-order valence-electron chi connectivity index (χ3n) is 6.19. The number of aliphatic hydroxyl groups is 1. The van der Waals surface area contributed by atoms with E-state index in [1.165, 1.54) is 0 Å². The predicted octanol–water partition coefficient (Wildman–Crippen LogP) is 5.87. The molecule has 1 saturated heterocycles. The van der Waals surface area contributed by atoms with Crippen LogP contribution in [0.1, 0.15) is 59.6 Å². The molecule has 0 aliphatic carbocycles. The van der Waals surface area contributed by atoms with Crippen molar-refractivity contribution >= 4 is 25.9 Å². The maximum atomic E-state index is 13.4. The largest absolute Gasteiger partial charge is 0.444 e. The number of rotatable bonds is 4. The molecule has 1 unspecified atom stereocenters. The van der Waals surface area contributed by atoms with Gasteiger partial charge in [0.15, 0.2) is 14.8 Å². The third-order valence-corrected chi connectivity index (χ3v) is 7.07. The van der Waals surface area contributed by atoms with E-state index in [4.69, 9.17) is 9.16 Å². The number of carbonyl (C=O) groups excluding carboxylic acids is 1. The SMILES string of the molecule is C[SiH](C)O[C@]1(C(O)c2ccc3ccccc3c2)C[C@H](C(C)(C)C)CN1C(=O)OC(C)(C)C. The first-order chi connectivity index (χ1) is 14.7. The normalized spacial score (nSPS) is 23.1. The monoisotopic (exact) mass is 457 g/mol. The first-order valence-electron chi connectivity index (χ1n) is 11.6. The Labute approximate surface area is 194 Å². The van der Waals surface area contributed by atoms with E-state index in [1.54, 1.807) is 4.90 Å². The summed E-state index contributed by atoms with van der Waals surface area (Å²) in [6.07, 6.45) is -0.852. The molecule has 3 rings (SSSR count). The number of carbonyl (C=O) groups is 1. The number of benzene rings is 2. The Hall–Kier alpha value is -1.89. The van der Waals surface area contributed by atoms with Crippen molar-refractivity contribution in [2.24, 2.45) is 11.3 Å². The number of hydrogen-bond donors (Lipinski definition) is 1. The van der Waals surface area contributed by atoms with E-state index in [1.807, 2.05) is 57.2 Å². The predicted molar refractivity (Wildman–Crippen MR) is 132 cm³/mol. The standard InChI is InChI=1S/C26H39NO4Si/c1-24(2,3)21-16-26(31-32(7)8,27(17-21)23(29)30-25(4,5)6)22(28)20-14-13-18-11-9-10-12-19(18)15-20/h9-15,21-22,28,32H,16-17H2,1-8H3/t21-,22?,26-/m0/s1. The Morgan fingerprint density at radius 3 is 2.28 bits per heavy atom. The van der Waals surface area contributed by atoms with E-state index in [0.717, 1.165) is 16.3 Å². The summed E-state index contributed by atoms with van der Waals surface area (Å²) < 4.78 is 12.4. The minimum atomic E-state index is -1.64. The van der Waals surface area contributed by atoms with Gasteiger partial charge >= 0.3 is 6.09 Å². The zero-order valence-electron chi connectivity index (χ0n) is 20.8. The molecule has 5 nitrogen and oxygen atoms in total. The number of nitrogens with zero attached hydrogens (tertiary/aromatic N) is 1. The highest BCUT2D eigenvalue weighted by Crippen LogP contribution is 2.49. The molecular weight excluding hydrogens is 418 g/mol. The zero-order chi connectivity index (χ0) is 23.9. The van der Waals surface area contributed by atoms with E-state index in [-0.39, 0.29) is 11.3 Å². The molecule has 3 atom stereocenters. The van der Waals surface area contributed by atoms with Crippen LogP contribution in [-0.4, -0.2) is 43.0 Å². The fraction of sp³-hybridized carbons (Fsp3) is 0.577. The molecule has 1 amide bonds. The number of fused-ring (bicyclic) bond motifs is 1. The summed E-state index contributed by atoms with van der Waals surface area (Å²) in [6.45, 7) is 16.8. The van der Waals surface area contributed by atoms with Crippen LogP contribution in [0.25, 0.3) is 10.8 Å². The molecule has 1 aliphatic heterocycles. The van der Waals surface area contributed by atoms with Crippen LogP contribution in [0.5, 0.6) is 0 Å². The molecule has 2 aromatic carbocycles. The highest BCUT2D eigenvalue weighted by atomic mass is 28.3. The highest BCUT2D eigenvalue weighted by Gasteiger charge is 2.57. The lowest BCUT2D eigenvalue weighted by molar-refractivity contribution is -0.140. The molecule has 1 aliphatic rings. The molecule has 1 heterocycles. The fourth-order valence-corrected chi connectivity index (χ4v) is 5.68. The van der Waals surface area contributed by atoms with Crippen LogP contribution < -0.4 is 0 Å². The van der Waals surface area contributed by atoms with Crippen LogP contribution in [0.15, 0.2) is 42.5 Å². The van der Waals surface area contributed by atoms with Crippen LogP contribution in [0.4, 0.5) is 4.79 Å². The Kier molecular flexibility index (Phi) is 6.81. The maximum absolute atomic E-state index is 13.4. The molecule has 1 N–H and O–H groups in total. The van der Waals surface area contributed by atoms with Gasteiger partial charge in [0.05, 0.1) is 0 Å². The average molecular weight is 458 g/mol. The summed E-state index contributed by atoms with van der Waals surface area (Å²) in [5.74, 6) is 0.165. The van der Waals surface area contributed by atoms with Gasteiger partial charge < -0.3 is 14.3 Å². The molecule has 6 heteroatoms. The lowest BCUT2D eigenvalue weighted by Crippen LogP contribution is -2.56. The average Bonchev–Trinajstić information content (AvgIpc) is 3.06. The second kappa shape index (κ2) is 8.80. The molecule has 1 fully saturated rings. The lowest BCUT2D eigenvalue weighted by Gasteiger charge is -2.43. The second-order valence-electron chi connectivity index (χ2n) is 11.4. The summed E-state index contributed by atoms with van der Waals surface area (Å²) in [5.41, 5.74) is -1.08. The maximum Gasteiger partial charge on any atom is 0.412 e. The van der Waals surface area contributed by atoms with E-state index >= 15 is 0 Å². The van der Waals surface area contributed by atoms with E-state index < -0.39 is 32.6 Å². The van der Waals surface area contributed by atoms with Crippen LogP contribution in [0, 0.1) is 11.3 Å². The van der Waals surface area contributed by atoms with E-state index in [9.17, 15) is 9.90 Å². The Bertz CT molecular complexity index is 962. The minimum Gasteiger partial charge on any atom is -0.444 e. The van der Waals surface area contributed by atoms with Crippen molar-refractivity contribution in [2.45, 2.75) is 78.5 Å². The molecular formula is C26H39NO4Si. The number of amides is 1. The zero-order valence-corrected chi connectivity index (χ0v) is 22.0. The lowest BCUT2D eigenvalue weighted by atomic mass is 9.78. The van der Waals surface area contributed by atoms with Gasteiger partial charge in [-0.1, -0.05) is 57.2 Å². The van der Waals surface area contributed by atoms with Gasteiger partial charge in [0.2, 0.25) is 0 Å². The molecule has 0 bridgehead atoms. The van der Waals surface area contributed by atoms with Crippen LogP contribution in [-0.2, 0) is 9.16 Å². The topological polar surface area (TPSA) is 59.0 Å². The molecule has 2 aromatic rings. The quantitative estimate of drug-likeness (QED) is 0.583. The molecule has 0 aromatic heterocycles. The summed E-state index contributed by atoms with van der Waals surface area (Å²) in [6, 6.07) is 14.0. The summed E-state index contributed by atoms with van der Waals surface area (Å²) >= 11 is 0. The summed E-state index contributed by atoms with van der Waals surface area (Å²) in [5, 5.41) is 14.0. The number of aliphatic hydroxyl groups excluding tert-OH is 1. The fourth-order valence-electron chi connectivity index (χ4n) is 4.51. The van der Waals surface area contributed by atoms with Gasteiger partial charge in [-0.05, 0) is 67.6 Å². The first kappa shape index (κ1) is 24.7. The van der Waals surface area contributed by atoms with Crippen molar-refractivity contribution in [1.82, 2.24) is 4.90 Å². The molecule has 32 heavy (non-hydrogen) atoms. The number of likely N-dealkylation sites (tertiary alicyclic amines) is 1. The highest BCUT2D eigenvalue weighted by molar-refractivity contribution is 6.48. The van der Waals surface area contributed by atoms with Crippen LogP contribution in [0.2, 0.25) is 13.1 Å². The first-order valence-corrected chi connectivity index (χ1v) is 14.4. The van der Waals surface area contributed by atoms with Gasteiger partial charge in [-0.2, -0.15) is 0 Å². The van der Waals surface area contributed by atoms with Gasteiger partial charge in [-0.15, -0.1) is 0 Å². The number of ether oxygens (including phenoxy) is 1. The third kappa shape index (κ3) is 5.19.